The molecule has 1 aromatic heterocycles. The highest BCUT2D eigenvalue weighted by molar-refractivity contribution is 7.09. The van der Waals surface area contributed by atoms with Crippen LogP contribution < -0.4 is 15.5 Å². The van der Waals surface area contributed by atoms with Gasteiger partial charge in [0.15, 0.2) is 0 Å². The minimum Gasteiger partial charge on any atom is -0.478 e. The minimum absolute atomic E-state index is 0.0325. The van der Waals surface area contributed by atoms with Crippen molar-refractivity contribution in [3.8, 4) is 0 Å². The molecule has 1 aliphatic rings. The monoisotopic (exact) mass is 538 g/mol. The first-order valence-electron chi connectivity index (χ1n) is 12.4. The summed E-state index contributed by atoms with van der Waals surface area (Å²) in [6, 6.07) is 20.4. The molecule has 3 aromatic carbocycles. The van der Waals surface area contributed by atoms with Gasteiger partial charge in [0, 0.05) is 46.4 Å². The Balaban J connectivity index is 1.49. The van der Waals surface area contributed by atoms with E-state index in [1.54, 1.807) is 12.3 Å². The molecule has 0 fully saturated rings. The van der Waals surface area contributed by atoms with Crippen molar-refractivity contribution in [3.05, 3.63) is 106 Å². The van der Waals surface area contributed by atoms with Crippen LogP contribution in [-0.4, -0.2) is 34.9 Å². The molecule has 9 heteroatoms. The first-order valence-corrected chi connectivity index (χ1v) is 13.3. The summed E-state index contributed by atoms with van der Waals surface area (Å²) in [5.74, 6) is -1.04. The number of nitrogens with zero attached hydrogens (tertiary/aromatic N) is 2. The fourth-order valence-corrected chi connectivity index (χ4v) is 5.36. The van der Waals surface area contributed by atoms with Gasteiger partial charge in [0.2, 0.25) is 12.3 Å². The summed E-state index contributed by atoms with van der Waals surface area (Å²) in [5, 5.41) is 18.3. The average molecular weight is 539 g/mol. The fourth-order valence-electron chi connectivity index (χ4n) is 4.76. The molecule has 0 saturated carbocycles. The van der Waals surface area contributed by atoms with Gasteiger partial charge in [-0.15, -0.1) is 11.3 Å². The number of carbonyl (C=O) groups is 3. The number of allylic oxidation sites excluding steroid dienone is 1. The Morgan fingerprint density at radius 1 is 1.08 bits per heavy atom. The third-order valence-corrected chi connectivity index (χ3v) is 7.43. The lowest BCUT2D eigenvalue weighted by Crippen LogP contribution is -2.30. The number of hydrogen-bond acceptors (Lipinski definition) is 6. The van der Waals surface area contributed by atoms with E-state index < -0.39 is 5.97 Å². The van der Waals surface area contributed by atoms with E-state index in [1.165, 1.54) is 23.5 Å². The summed E-state index contributed by atoms with van der Waals surface area (Å²) < 4.78 is 0. The molecule has 2 heterocycles. The fraction of sp³-hybridized carbons (Fsp3) is 0.133. The first-order chi connectivity index (χ1) is 18.9. The minimum atomic E-state index is -1.07. The lowest BCUT2D eigenvalue weighted by molar-refractivity contribution is -0.117. The number of benzene rings is 3. The molecule has 1 aliphatic heterocycles. The van der Waals surface area contributed by atoms with Crippen LogP contribution >= 0.6 is 11.3 Å². The van der Waals surface area contributed by atoms with E-state index >= 15 is 0 Å². The zero-order valence-corrected chi connectivity index (χ0v) is 22.0. The van der Waals surface area contributed by atoms with Crippen molar-refractivity contribution in [2.24, 2.45) is 0 Å². The van der Waals surface area contributed by atoms with Crippen LogP contribution in [0.15, 0.2) is 78.3 Å². The Morgan fingerprint density at radius 3 is 2.62 bits per heavy atom. The molecular formula is C30H26N4O4S. The van der Waals surface area contributed by atoms with E-state index in [0.717, 1.165) is 45.2 Å². The zero-order chi connectivity index (χ0) is 27.4. The summed E-state index contributed by atoms with van der Waals surface area (Å²) in [4.78, 5) is 41.8. The van der Waals surface area contributed by atoms with Crippen molar-refractivity contribution in [2.75, 3.05) is 22.1 Å². The largest absolute Gasteiger partial charge is 0.478 e. The van der Waals surface area contributed by atoms with Gasteiger partial charge < -0.3 is 20.6 Å². The number of amides is 2. The van der Waals surface area contributed by atoms with Gasteiger partial charge in [-0.3, -0.25) is 9.59 Å². The molecule has 0 atom stereocenters. The molecule has 0 unspecified atom stereocenters. The number of carboxylic acid groups (broad SMARTS) is 1. The third kappa shape index (κ3) is 5.58. The maximum absolute atomic E-state index is 12.9. The third-order valence-electron chi connectivity index (χ3n) is 6.65. The number of anilines is 3. The predicted octanol–water partition coefficient (Wildman–Crippen LogP) is 5.54. The van der Waals surface area contributed by atoms with Crippen LogP contribution in [0.3, 0.4) is 0 Å². The van der Waals surface area contributed by atoms with Gasteiger partial charge in [-0.1, -0.05) is 36.4 Å². The molecule has 2 amide bonds. The lowest BCUT2D eigenvalue weighted by atomic mass is 9.97. The van der Waals surface area contributed by atoms with Gasteiger partial charge in [-0.25, -0.2) is 9.78 Å². The summed E-state index contributed by atoms with van der Waals surface area (Å²) in [7, 11) is 0. The van der Waals surface area contributed by atoms with E-state index in [-0.39, 0.29) is 17.9 Å². The second-order valence-electron chi connectivity index (χ2n) is 9.06. The summed E-state index contributed by atoms with van der Waals surface area (Å²) >= 11 is 1.48. The molecule has 196 valence electrons. The van der Waals surface area contributed by atoms with Crippen molar-refractivity contribution in [1.82, 2.24) is 4.98 Å². The molecule has 0 spiro atoms. The highest BCUT2D eigenvalue weighted by Gasteiger charge is 2.25. The van der Waals surface area contributed by atoms with Crippen molar-refractivity contribution >= 4 is 58.0 Å². The normalized spacial score (nSPS) is 12.9. The quantitative estimate of drug-likeness (QED) is 0.191. The Labute approximate surface area is 229 Å². The van der Waals surface area contributed by atoms with Crippen molar-refractivity contribution in [2.45, 2.75) is 19.8 Å². The Kier molecular flexibility index (Phi) is 7.51. The molecule has 3 N–H and O–H groups in total. The second-order valence-corrected chi connectivity index (χ2v) is 10.0. The van der Waals surface area contributed by atoms with Crippen LogP contribution in [0.1, 0.15) is 39.0 Å². The molecule has 0 bridgehead atoms. The van der Waals surface area contributed by atoms with E-state index in [2.05, 4.69) is 21.7 Å². The van der Waals surface area contributed by atoms with E-state index in [1.807, 2.05) is 59.7 Å². The zero-order valence-electron chi connectivity index (χ0n) is 21.2. The van der Waals surface area contributed by atoms with Gasteiger partial charge in [0.25, 0.3) is 0 Å². The SMILES string of the molecule is C/C(=C(\Nc1ccc2c(c1)CCN2C(=O)Cc1nccs1)c1ccccc1)c1ccc(C(=O)O)cc1NC=O. The molecular weight excluding hydrogens is 512 g/mol. The summed E-state index contributed by atoms with van der Waals surface area (Å²) in [6.07, 6.45) is 3.29. The standard InChI is InChI=1S/C30H26N4O4S/c1-19(24-9-7-22(30(37)38)16-25(24)32-18-35)29(20-5-3-2-4-6-20)33-23-8-10-26-21(15-23)11-13-34(26)28(36)17-27-31-12-14-39-27/h2-10,12,14-16,18,33H,11,13,17H2,1H3,(H,32,35)(H,37,38)/b29-19+. The topological polar surface area (TPSA) is 112 Å². The van der Waals surface area contributed by atoms with Crippen LogP contribution in [0, 0.1) is 0 Å². The van der Waals surface area contributed by atoms with Gasteiger partial charge in [-0.2, -0.15) is 0 Å². The number of nitrogens with one attached hydrogen (secondary N) is 2. The molecule has 39 heavy (non-hydrogen) atoms. The van der Waals surface area contributed by atoms with Crippen LogP contribution in [-0.2, 0) is 22.4 Å². The van der Waals surface area contributed by atoms with Crippen LogP contribution in [0.5, 0.6) is 0 Å². The van der Waals surface area contributed by atoms with E-state index in [4.69, 9.17) is 0 Å². The number of aromatic nitrogens is 1. The Morgan fingerprint density at radius 2 is 1.90 bits per heavy atom. The number of hydrogen-bond donors (Lipinski definition) is 3. The second kappa shape index (κ2) is 11.3. The summed E-state index contributed by atoms with van der Waals surface area (Å²) in [5.41, 5.74) is 6.57. The van der Waals surface area contributed by atoms with Crippen molar-refractivity contribution < 1.29 is 19.5 Å². The van der Waals surface area contributed by atoms with Crippen molar-refractivity contribution in [3.63, 3.8) is 0 Å². The van der Waals surface area contributed by atoms with E-state index in [9.17, 15) is 19.5 Å². The van der Waals surface area contributed by atoms with Gasteiger partial charge in [0.05, 0.1) is 12.0 Å². The maximum Gasteiger partial charge on any atom is 0.335 e. The van der Waals surface area contributed by atoms with Gasteiger partial charge in [-0.05, 0) is 60.4 Å². The smallest absolute Gasteiger partial charge is 0.335 e. The molecule has 5 rings (SSSR count). The average Bonchev–Trinajstić information content (AvgIpc) is 3.61. The van der Waals surface area contributed by atoms with Crippen molar-refractivity contribution in [1.29, 1.82) is 0 Å². The number of carboxylic acids is 1. The van der Waals surface area contributed by atoms with Gasteiger partial charge >= 0.3 is 5.97 Å². The highest BCUT2D eigenvalue weighted by Crippen LogP contribution is 2.35. The number of fused-ring (bicyclic) bond motifs is 1. The number of aromatic carboxylic acids is 1. The number of rotatable bonds is 9. The predicted molar refractivity (Wildman–Crippen MR) is 154 cm³/mol. The molecule has 0 saturated heterocycles. The molecule has 4 aromatic rings. The molecule has 0 aliphatic carbocycles. The van der Waals surface area contributed by atoms with Crippen LogP contribution in [0.4, 0.5) is 17.1 Å². The number of carbonyl (C=O) groups excluding carboxylic acids is 2. The lowest BCUT2D eigenvalue weighted by Gasteiger charge is -2.20. The van der Waals surface area contributed by atoms with E-state index in [0.29, 0.717) is 24.2 Å². The highest BCUT2D eigenvalue weighted by atomic mass is 32.1. The molecule has 8 nitrogen and oxygen atoms in total. The maximum atomic E-state index is 12.9. The Bertz CT molecular complexity index is 1570. The van der Waals surface area contributed by atoms with Crippen LogP contribution in [0.2, 0.25) is 0 Å². The molecule has 0 radical (unpaired) electrons. The summed E-state index contributed by atoms with van der Waals surface area (Å²) in [6.45, 7) is 2.55. The van der Waals surface area contributed by atoms with Gasteiger partial charge in [0.1, 0.15) is 5.01 Å². The van der Waals surface area contributed by atoms with Crippen LogP contribution in [0.25, 0.3) is 11.3 Å². The first kappa shape index (κ1) is 25.9. The number of thiazole rings is 1. The Hall–Kier alpha value is -4.76.